The van der Waals surface area contributed by atoms with Crippen LogP contribution in [0.5, 0.6) is 0 Å². The molecule has 0 spiro atoms. The maximum atomic E-state index is 12.3. The second kappa shape index (κ2) is 5.92. The van der Waals surface area contributed by atoms with Gasteiger partial charge in [-0.25, -0.2) is 0 Å². The third kappa shape index (κ3) is 3.12. The number of ether oxygens (including phenoxy) is 1. The van der Waals surface area contributed by atoms with Crippen LogP contribution in [-0.2, 0) is 15.1 Å². The topological polar surface area (TPSA) is 26.3 Å². The van der Waals surface area contributed by atoms with E-state index in [0.29, 0.717) is 6.42 Å². The first-order valence-corrected chi connectivity index (χ1v) is 7.98. The van der Waals surface area contributed by atoms with Gasteiger partial charge in [-0.2, -0.15) is 0 Å². The Morgan fingerprint density at radius 1 is 1.09 bits per heavy atom. The Kier molecular flexibility index (Phi) is 4.53. The highest BCUT2D eigenvalue weighted by molar-refractivity contribution is 6.33. The van der Waals surface area contributed by atoms with Crippen LogP contribution in [0.2, 0.25) is 0 Å². The van der Waals surface area contributed by atoms with Crippen molar-refractivity contribution in [2.45, 2.75) is 51.5 Å². The van der Waals surface area contributed by atoms with Crippen molar-refractivity contribution in [2.24, 2.45) is 0 Å². The van der Waals surface area contributed by atoms with Gasteiger partial charge < -0.3 is 4.74 Å². The zero-order valence-corrected chi connectivity index (χ0v) is 14.6. The first kappa shape index (κ1) is 16.8. The second-order valence-corrected chi connectivity index (χ2v) is 7.26. The summed E-state index contributed by atoms with van der Waals surface area (Å²) < 4.78 is 5.76. The van der Waals surface area contributed by atoms with E-state index in [4.69, 9.17) is 16.3 Å². The van der Waals surface area contributed by atoms with Crippen molar-refractivity contribution >= 4 is 28.3 Å². The van der Waals surface area contributed by atoms with Crippen molar-refractivity contribution in [1.29, 1.82) is 0 Å². The summed E-state index contributed by atoms with van der Waals surface area (Å²) >= 11 is 6.23. The second-order valence-electron chi connectivity index (χ2n) is 6.43. The fourth-order valence-electron chi connectivity index (χ4n) is 2.51. The van der Waals surface area contributed by atoms with Gasteiger partial charge in [0.15, 0.2) is 0 Å². The molecule has 0 amide bonds. The molecule has 1 atom stereocenters. The minimum Gasteiger partial charge on any atom is -0.453 e. The van der Waals surface area contributed by atoms with Gasteiger partial charge in [-0.1, -0.05) is 43.3 Å². The van der Waals surface area contributed by atoms with Gasteiger partial charge in [0.05, 0.1) is 0 Å². The average molecular weight is 319 g/mol. The van der Waals surface area contributed by atoms with Gasteiger partial charge in [-0.3, -0.25) is 4.79 Å². The highest BCUT2D eigenvalue weighted by atomic mass is 35.5. The van der Waals surface area contributed by atoms with E-state index in [1.807, 2.05) is 39.0 Å². The molecule has 0 radical (unpaired) electrons. The molecular formula is C19H23ClO2. The fraction of sp³-hybridized carbons (Fsp3) is 0.421. The van der Waals surface area contributed by atoms with Crippen LogP contribution in [0.4, 0.5) is 0 Å². The predicted molar refractivity (Wildman–Crippen MR) is 92.4 cm³/mol. The largest absolute Gasteiger partial charge is 0.453 e. The Hall–Kier alpha value is -1.54. The lowest BCUT2D eigenvalue weighted by molar-refractivity contribution is -0.160. The van der Waals surface area contributed by atoms with Crippen molar-refractivity contribution in [3.63, 3.8) is 0 Å². The number of halogens is 1. The van der Waals surface area contributed by atoms with Gasteiger partial charge in [-0.05, 0) is 50.5 Å². The number of fused-ring (bicyclic) bond motifs is 1. The number of carbonyl (C=O) groups excluding carboxylic acids is 1. The molecule has 22 heavy (non-hydrogen) atoms. The quantitative estimate of drug-likeness (QED) is 0.562. The molecule has 2 rings (SSSR count). The summed E-state index contributed by atoms with van der Waals surface area (Å²) in [6.07, 6.45) is 0.526. The van der Waals surface area contributed by atoms with E-state index in [-0.39, 0.29) is 5.97 Å². The van der Waals surface area contributed by atoms with Crippen LogP contribution >= 0.6 is 11.6 Å². The first-order chi connectivity index (χ1) is 10.2. The van der Waals surface area contributed by atoms with Crippen molar-refractivity contribution in [3.8, 4) is 0 Å². The highest BCUT2D eigenvalue weighted by Crippen LogP contribution is 2.35. The minimum atomic E-state index is -0.988. The number of carbonyl (C=O) groups is 1. The maximum Gasteiger partial charge on any atom is 0.327 e. The molecule has 0 heterocycles. The third-order valence-corrected chi connectivity index (χ3v) is 4.65. The van der Waals surface area contributed by atoms with E-state index in [9.17, 15) is 4.79 Å². The Balaban J connectivity index is 2.46. The minimum absolute atomic E-state index is 0.383. The summed E-state index contributed by atoms with van der Waals surface area (Å²) in [5.41, 5.74) is 1.46. The van der Waals surface area contributed by atoms with Crippen LogP contribution in [0, 0.1) is 6.92 Å². The van der Waals surface area contributed by atoms with E-state index < -0.39 is 10.5 Å². The molecule has 0 aromatic heterocycles. The molecule has 0 aliphatic carbocycles. The molecule has 0 saturated heterocycles. The fourth-order valence-corrected chi connectivity index (χ4v) is 2.55. The molecule has 0 saturated carbocycles. The lowest BCUT2D eigenvalue weighted by Gasteiger charge is -2.31. The van der Waals surface area contributed by atoms with Crippen molar-refractivity contribution < 1.29 is 9.53 Å². The summed E-state index contributed by atoms with van der Waals surface area (Å²) in [6, 6.07) is 12.3. The molecule has 2 nitrogen and oxygen atoms in total. The van der Waals surface area contributed by atoms with Gasteiger partial charge in [0.1, 0.15) is 10.5 Å². The van der Waals surface area contributed by atoms with Crippen molar-refractivity contribution in [1.82, 2.24) is 0 Å². The van der Waals surface area contributed by atoms with Crippen LogP contribution in [0.3, 0.4) is 0 Å². The Labute approximate surface area is 137 Å². The normalized spacial score (nSPS) is 14.6. The van der Waals surface area contributed by atoms with Crippen LogP contribution in [0.1, 0.15) is 45.2 Å². The molecular weight excluding hydrogens is 296 g/mol. The van der Waals surface area contributed by atoms with E-state index in [0.717, 1.165) is 10.9 Å². The summed E-state index contributed by atoms with van der Waals surface area (Å²) in [5, 5.41) is 2.28. The molecule has 118 valence electrons. The Morgan fingerprint density at radius 2 is 1.68 bits per heavy atom. The lowest BCUT2D eigenvalue weighted by atomic mass is 9.90. The van der Waals surface area contributed by atoms with Gasteiger partial charge >= 0.3 is 5.97 Å². The molecule has 1 unspecified atom stereocenters. The zero-order chi connectivity index (χ0) is 16.5. The predicted octanol–water partition coefficient (Wildman–Crippen LogP) is 5.33. The standard InChI is InChI=1S/C19H23ClO2/c1-6-19(5,20)17(21)22-18(3,4)16-12-11-13(2)14-9-7-8-10-15(14)16/h7-12H,6H2,1-5H3. The number of rotatable bonds is 4. The molecule has 3 heteroatoms. The number of esters is 1. The van der Waals surface area contributed by atoms with Gasteiger partial charge in [0.2, 0.25) is 0 Å². The van der Waals surface area contributed by atoms with Crippen LogP contribution in [0.15, 0.2) is 36.4 Å². The smallest absolute Gasteiger partial charge is 0.327 e. The molecule has 2 aromatic carbocycles. The van der Waals surface area contributed by atoms with Gasteiger partial charge in [0.25, 0.3) is 0 Å². The average Bonchev–Trinajstić information content (AvgIpc) is 2.47. The van der Waals surface area contributed by atoms with Crippen LogP contribution in [0.25, 0.3) is 10.8 Å². The molecule has 2 aromatic rings. The summed E-state index contributed by atoms with van der Waals surface area (Å²) in [5.74, 6) is -0.383. The summed E-state index contributed by atoms with van der Waals surface area (Å²) in [7, 11) is 0. The van der Waals surface area contributed by atoms with Crippen LogP contribution < -0.4 is 0 Å². The zero-order valence-electron chi connectivity index (χ0n) is 13.9. The monoisotopic (exact) mass is 318 g/mol. The van der Waals surface area contributed by atoms with E-state index >= 15 is 0 Å². The molecule has 0 fully saturated rings. The maximum absolute atomic E-state index is 12.3. The molecule has 0 aliphatic rings. The SMILES string of the molecule is CCC(C)(Cl)C(=O)OC(C)(C)c1ccc(C)c2ccccc12. The van der Waals surface area contributed by atoms with Crippen molar-refractivity contribution in [2.75, 3.05) is 0 Å². The Morgan fingerprint density at radius 3 is 2.27 bits per heavy atom. The van der Waals surface area contributed by atoms with E-state index in [1.54, 1.807) is 6.92 Å². The van der Waals surface area contributed by atoms with Crippen LogP contribution in [-0.4, -0.2) is 10.8 Å². The molecule has 0 aliphatic heterocycles. The number of benzene rings is 2. The number of aryl methyl sites for hydroxylation is 1. The first-order valence-electron chi connectivity index (χ1n) is 7.60. The molecule has 0 bridgehead atoms. The number of alkyl halides is 1. The molecule has 0 N–H and O–H groups in total. The van der Waals surface area contributed by atoms with E-state index in [1.165, 1.54) is 10.9 Å². The third-order valence-electron chi connectivity index (χ3n) is 4.23. The highest BCUT2D eigenvalue weighted by Gasteiger charge is 2.36. The van der Waals surface area contributed by atoms with Crippen molar-refractivity contribution in [3.05, 3.63) is 47.5 Å². The van der Waals surface area contributed by atoms with Gasteiger partial charge in [-0.15, -0.1) is 11.6 Å². The van der Waals surface area contributed by atoms with E-state index in [2.05, 4.69) is 25.1 Å². The lowest BCUT2D eigenvalue weighted by Crippen LogP contribution is -2.36. The number of hydrogen-bond donors (Lipinski definition) is 0. The summed E-state index contributed by atoms with van der Waals surface area (Å²) in [4.78, 5) is 11.3. The Bertz CT molecular complexity index is 702. The summed E-state index contributed by atoms with van der Waals surface area (Å²) in [6.45, 7) is 9.47. The van der Waals surface area contributed by atoms with Gasteiger partial charge in [0, 0.05) is 5.56 Å². The number of hydrogen-bond acceptors (Lipinski definition) is 2.